The van der Waals surface area contributed by atoms with E-state index in [9.17, 15) is 36.5 Å². The van der Waals surface area contributed by atoms with Crippen LogP contribution in [0.3, 0.4) is 0 Å². The molecule has 0 saturated carbocycles. The van der Waals surface area contributed by atoms with E-state index in [4.69, 9.17) is 11.6 Å². The van der Waals surface area contributed by atoms with Crippen LogP contribution in [0.15, 0.2) is 57.6 Å². The first kappa shape index (κ1) is 31.3. The summed E-state index contributed by atoms with van der Waals surface area (Å²) in [5.41, 5.74) is -0.360. The third-order valence-corrected chi connectivity index (χ3v) is 12.1. The number of piperidine rings is 1. The smallest absolute Gasteiger partial charge is 0.270 e. The molecule has 43 heavy (non-hydrogen) atoms. The fraction of sp³-hybridized carbons (Fsp3) is 0.385. The molecule has 2 aromatic carbocycles. The number of fused-ring (bicyclic) bond motifs is 1. The van der Waals surface area contributed by atoms with E-state index in [-0.39, 0.29) is 46.8 Å². The van der Waals surface area contributed by atoms with Crippen molar-refractivity contribution in [2.45, 2.75) is 46.9 Å². The summed E-state index contributed by atoms with van der Waals surface area (Å²) < 4.78 is 57.5. The number of benzene rings is 2. The van der Waals surface area contributed by atoms with Crippen LogP contribution >= 0.6 is 22.9 Å². The maximum atomic E-state index is 13.3. The number of non-ortho nitro benzene ring substituents is 1. The number of nitrogens with one attached hydrogen (secondary N) is 2. The van der Waals surface area contributed by atoms with Gasteiger partial charge in [0.1, 0.15) is 10.3 Å². The Bertz CT molecular complexity index is 1800. The number of rotatable bonds is 10. The number of halogens is 1. The predicted molar refractivity (Wildman–Crippen MR) is 160 cm³/mol. The normalized spacial score (nSPS) is 19.7. The van der Waals surface area contributed by atoms with Crippen LogP contribution in [0.5, 0.6) is 0 Å². The lowest BCUT2D eigenvalue weighted by atomic mass is 10.1. The van der Waals surface area contributed by atoms with Gasteiger partial charge in [0.15, 0.2) is 0 Å². The van der Waals surface area contributed by atoms with Crippen LogP contribution in [0.25, 0.3) is 10.1 Å². The van der Waals surface area contributed by atoms with Gasteiger partial charge in [0.05, 0.1) is 16.4 Å². The molecule has 2 aliphatic heterocycles. The number of sulfonamides is 2. The van der Waals surface area contributed by atoms with E-state index in [0.717, 1.165) is 22.1 Å². The van der Waals surface area contributed by atoms with Gasteiger partial charge in [-0.25, -0.2) is 21.6 Å². The topological polar surface area (TPSA) is 176 Å². The fourth-order valence-electron chi connectivity index (χ4n) is 5.26. The number of thiophene rings is 1. The van der Waals surface area contributed by atoms with E-state index < -0.39 is 43.0 Å². The summed E-state index contributed by atoms with van der Waals surface area (Å²) in [6.07, 6.45) is 1.93. The van der Waals surface area contributed by atoms with Gasteiger partial charge in [-0.1, -0.05) is 17.7 Å². The number of hydrogen-bond donors (Lipinski definition) is 2. The molecule has 0 bridgehead atoms. The van der Waals surface area contributed by atoms with E-state index >= 15 is 0 Å². The number of carbonyl (C=O) groups is 2. The molecule has 3 aromatic rings. The molecule has 2 atom stereocenters. The molecule has 0 unspecified atom stereocenters. The molecule has 0 radical (unpaired) electrons. The summed E-state index contributed by atoms with van der Waals surface area (Å²) >= 11 is 7.08. The summed E-state index contributed by atoms with van der Waals surface area (Å²) in [5, 5.41) is 12.2. The zero-order valence-corrected chi connectivity index (χ0v) is 25.8. The monoisotopic (exact) mass is 669 g/mol. The summed E-state index contributed by atoms with van der Waals surface area (Å²) in [4.78, 5) is 39.4. The Morgan fingerprint density at radius 3 is 2.58 bits per heavy atom. The Morgan fingerprint density at radius 1 is 1.05 bits per heavy atom. The molecule has 2 N–H and O–H groups in total. The minimum Gasteiger partial charge on any atom is -0.337 e. The Hall–Kier alpha value is -3.15. The first-order chi connectivity index (χ1) is 20.3. The summed E-state index contributed by atoms with van der Waals surface area (Å²) in [7, 11) is -8.09. The van der Waals surface area contributed by atoms with Gasteiger partial charge in [-0.05, 0) is 61.4 Å². The summed E-state index contributed by atoms with van der Waals surface area (Å²) in [6.45, 7) is 0.276. The largest absolute Gasteiger partial charge is 0.337 e. The zero-order valence-electron chi connectivity index (χ0n) is 22.6. The van der Waals surface area contributed by atoms with E-state index in [2.05, 4.69) is 9.44 Å². The van der Waals surface area contributed by atoms with Gasteiger partial charge in [-0.3, -0.25) is 19.7 Å². The van der Waals surface area contributed by atoms with Crippen LogP contribution < -0.4 is 9.44 Å². The molecule has 2 amide bonds. The Labute approximate surface area is 257 Å². The molecule has 230 valence electrons. The maximum Gasteiger partial charge on any atom is 0.270 e. The number of amides is 2. The van der Waals surface area contributed by atoms with Crippen molar-refractivity contribution in [3.8, 4) is 0 Å². The highest BCUT2D eigenvalue weighted by molar-refractivity contribution is 7.91. The van der Waals surface area contributed by atoms with Gasteiger partial charge in [-0.15, -0.1) is 11.3 Å². The predicted octanol–water partition coefficient (Wildman–Crippen LogP) is 2.70. The third-order valence-electron chi connectivity index (χ3n) is 7.42. The first-order valence-electron chi connectivity index (χ1n) is 13.4. The highest BCUT2D eigenvalue weighted by Crippen LogP contribution is 2.31. The van der Waals surface area contributed by atoms with Crippen LogP contribution in [-0.4, -0.2) is 81.6 Å². The van der Waals surface area contributed by atoms with Crippen molar-refractivity contribution < 1.29 is 31.3 Å². The third kappa shape index (κ3) is 6.99. The quantitative estimate of drug-likeness (QED) is 0.245. The average Bonchev–Trinajstić information content (AvgIpc) is 3.61. The van der Waals surface area contributed by atoms with Crippen LogP contribution in [0.2, 0.25) is 5.02 Å². The fourth-order valence-corrected chi connectivity index (χ4v) is 9.17. The second-order valence-corrected chi connectivity index (χ2v) is 15.5. The molecular weight excluding hydrogens is 642 g/mol. The van der Waals surface area contributed by atoms with Crippen LogP contribution in [0.1, 0.15) is 25.7 Å². The number of nitrogens with zero attached hydrogens (tertiary/aromatic N) is 3. The van der Waals surface area contributed by atoms with Crippen molar-refractivity contribution in [2.75, 3.05) is 26.2 Å². The number of carbonyl (C=O) groups excluding carboxylic acids is 2. The number of nitro benzene ring substituents is 1. The van der Waals surface area contributed by atoms with Crippen molar-refractivity contribution in [3.63, 3.8) is 0 Å². The van der Waals surface area contributed by atoms with Crippen molar-refractivity contribution in [1.82, 2.24) is 19.2 Å². The van der Waals surface area contributed by atoms with E-state index in [0.29, 0.717) is 36.2 Å². The number of likely N-dealkylation sites (tertiary alicyclic amines) is 2. The molecule has 0 aliphatic carbocycles. The van der Waals surface area contributed by atoms with Gasteiger partial charge in [0.2, 0.25) is 21.8 Å². The molecule has 1 aromatic heterocycles. The van der Waals surface area contributed by atoms with Crippen LogP contribution in [0, 0.1) is 10.1 Å². The molecule has 2 fully saturated rings. The standard InChI is InChI=1S/C26H28ClN5O8S3/c27-18-8-9-23-17(12-18)13-25(41-23)43(39,40)29-22-7-3-10-30(26(22)34)16-24(33)31-11-2-5-20(31)15-28-42(37,38)21-6-1-4-19(14-21)32(35)36/h1,4,6,8-9,12-14,20,22,28-29H,2-3,5,7,10-11,15-16H2/t20-,22-/m0/s1. The van der Waals surface area contributed by atoms with Gasteiger partial charge in [0, 0.05) is 47.5 Å². The lowest BCUT2D eigenvalue weighted by Gasteiger charge is -2.34. The van der Waals surface area contributed by atoms with Gasteiger partial charge in [0.25, 0.3) is 15.7 Å². The molecule has 2 aliphatic rings. The van der Waals surface area contributed by atoms with Gasteiger partial charge in [-0.2, -0.15) is 4.72 Å². The van der Waals surface area contributed by atoms with Crippen LogP contribution in [0.4, 0.5) is 5.69 Å². The molecule has 0 spiro atoms. The summed E-state index contributed by atoms with van der Waals surface area (Å²) in [6, 6.07) is 9.73. The lowest BCUT2D eigenvalue weighted by molar-refractivity contribution is -0.385. The Balaban J connectivity index is 1.20. The van der Waals surface area contributed by atoms with Crippen molar-refractivity contribution in [3.05, 3.63) is 63.7 Å². The SMILES string of the molecule is O=C1[C@@H](NS(=O)(=O)c2cc3cc(Cl)ccc3s2)CCCN1CC(=O)N1CCC[C@H]1CNS(=O)(=O)c1cccc([N+](=O)[O-])c1. The van der Waals surface area contributed by atoms with Crippen molar-refractivity contribution in [2.24, 2.45) is 0 Å². The second-order valence-electron chi connectivity index (χ2n) is 10.3. The van der Waals surface area contributed by atoms with Crippen molar-refractivity contribution >= 4 is 70.6 Å². The minimum atomic E-state index is -4.08. The molecule has 2 saturated heterocycles. The van der Waals surface area contributed by atoms with Crippen LogP contribution in [-0.2, 0) is 29.6 Å². The Morgan fingerprint density at radius 2 is 1.81 bits per heavy atom. The Kier molecular flexibility index (Phi) is 9.06. The zero-order chi connectivity index (χ0) is 30.9. The number of hydrogen-bond acceptors (Lipinski definition) is 9. The van der Waals surface area contributed by atoms with E-state index in [1.165, 1.54) is 34.1 Å². The molecule has 5 rings (SSSR count). The van der Waals surface area contributed by atoms with Gasteiger partial charge >= 0.3 is 0 Å². The molecular formula is C26H28ClN5O8S3. The van der Waals surface area contributed by atoms with Gasteiger partial charge < -0.3 is 9.80 Å². The highest BCUT2D eigenvalue weighted by atomic mass is 35.5. The average molecular weight is 670 g/mol. The van der Waals surface area contributed by atoms with E-state index in [1.54, 1.807) is 18.2 Å². The molecule has 13 nitrogen and oxygen atoms in total. The number of nitro groups is 1. The lowest BCUT2D eigenvalue weighted by Crippen LogP contribution is -2.55. The highest BCUT2D eigenvalue weighted by Gasteiger charge is 2.36. The van der Waals surface area contributed by atoms with Crippen molar-refractivity contribution in [1.29, 1.82) is 0 Å². The minimum absolute atomic E-state index is 0.0539. The summed E-state index contributed by atoms with van der Waals surface area (Å²) in [5.74, 6) is -0.884. The molecule has 3 heterocycles. The van der Waals surface area contributed by atoms with E-state index in [1.807, 2.05) is 0 Å². The molecule has 17 heteroatoms. The first-order valence-corrected chi connectivity index (χ1v) is 17.5. The maximum absolute atomic E-state index is 13.3. The second kappa shape index (κ2) is 12.5.